The van der Waals surface area contributed by atoms with Crippen LogP contribution in [0.2, 0.25) is 5.02 Å². The minimum Gasteiger partial charge on any atom is -0.490 e. The Bertz CT molecular complexity index is 840. The summed E-state index contributed by atoms with van der Waals surface area (Å²) < 4.78 is 24.3. The second kappa shape index (κ2) is 7.11. The van der Waals surface area contributed by atoms with E-state index in [0.29, 0.717) is 22.6 Å². The number of carbonyl (C=O) groups is 2. The van der Waals surface area contributed by atoms with E-state index >= 15 is 0 Å². The van der Waals surface area contributed by atoms with Gasteiger partial charge in [0, 0.05) is 12.0 Å². The maximum atomic E-state index is 14.3. The van der Waals surface area contributed by atoms with Gasteiger partial charge in [0.2, 0.25) is 0 Å². The Labute approximate surface area is 148 Å². The van der Waals surface area contributed by atoms with Crippen molar-refractivity contribution in [2.75, 3.05) is 13.7 Å². The molecule has 0 radical (unpaired) electrons. The molecule has 0 aliphatic carbocycles. The van der Waals surface area contributed by atoms with Crippen molar-refractivity contribution in [1.82, 2.24) is 5.32 Å². The zero-order valence-electron chi connectivity index (χ0n) is 13.3. The number of benzene rings is 2. The number of amides is 1. The van der Waals surface area contributed by atoms with Gasteiger partial charge in [-0.15, -0.1) is 0 Å². The van der Waals surface area contributed by atoms with E-state index in [2.05, 4.69) is 10.1 Å². The van der Waals surface area contributed by atoms with Gasteiger partial charge in [-0.2, -0.15) is 0 Å². The van der Waals surface area contributed by atoms with Gasteiger partial charge in [0.25, 0.3) is 5.91 Å². The fraction of sp³-hybridized carbons (Fsp3) is 0.222. The molecule has 130 valence electrons. The zero-order chi connectivity index (χ0) is 18.0. The van der Waals surface area contributed by atoms with Crippen molar-refractivity contribution in [3.63, 3.8) is 0 Å². The van der Waals surface area contributed by atoms with Gasteiger partial charge in [-0.25, -0.2) is 9.18 Å². The van der Waals surface area contributed by atoms with Crippen LogP contribution in [0.25, 0.3) is 0 Å². The van der Waals surface area contributed by atoms with E-state index in [9.17, 15) is 14.0 Å². The van der Waals surface area contributed by atoms with E-state index in [1.54, 1.807) is 24.3 Å². The van der Waals surface area contributed by atoms with Crippen molar-refractivity contribution in [2.45, 2.75) is 12.5 Å². The lowest BCUT2D eigenvalue weighted by molar-refractivity contribution is 0.0599. The third kappa shape index (κ3) is 3.44. The van der Waals surface area contributed by atoms with Gasteiger partial charge in [-0.3, -0.25) is 4.79 Å². The standard InChI is InChI=1S/C18H15ClFNO4/c1-24-18(23)10-8-12-15(6-7-25-16(12)14(20)9-10)21-17(22)11-4-2-3-5-13(11)19/h2-5,8-9,15H,6-7H2,1H3,(H,21,22)/t15-/m1/s1. The Kier molecular flexibility index (Phi) is 4.90. The lowest BCUT2D eigenvalue weighted by Crippen LogP contribution is -2.32. The van der Waals surface area contributed by atoms with Crippen LogP contribution >= 0.6 is 11.6 Å². The summed E-state index contributed by atoms with van der Waals surface area (Å²) in [5, 5.41) is 3.14. The number of hydrogen-bond acceptors (Lipinski definition) is 4. The third-order valence-corrected chi connectivity index (χ3v) is 4.28. The number of hydrogen-bond donors (Lipinski definition) is 1. The molecule has 1 aliphatic rings. The molecule has 1 aliphatic heterocycles. The molecule has 1 N–H and O–H groups in total. The van der Waals surface area contributed by atoms with E-state index < -0.39 is 17.8 Å². The van der Waals surface area contributed by atoms with Crippen LogP contribution < -0.4 is 10.1 Å². The summed E-state index contributed by atoms with van der Waals surface area (Å²) in [6, 6.07) is 8.66. The summed E-state index contributed by atoms with van der Waals surface area (Å²) in [5.74, 6) is -1.69. The lowest BCUT2D eigenvalue weighted by Gasteiger charge is -2.27. The molecule has 2 aromatic rings. The van der Waals surface area contributed by atoms with E-state index in [1.165, 1.54) is 13.2 Å². The highest BCUT2D eigenvalue weighted by Crippen LogP contribution is 2.35. The highest BCUT2D eigenvalue weighted by molar-refractivity contribution is 6.33. The van der Waals surface area contributed by atoms with Crippen LogP contribution in [0.3, 0.4) is 0 Å². The average Bonchev–Trinajstić information content (AvgIpc) is 2.61. The number of halogens is 2. The molecule has 0 spiro atoms. The first kappa shape index (κ1) is 17.2. The zero-order valence-corrected chi connectivity index (χ0v) is 14.1. The first-order valence-electron chi connectivity index (χ1n) is 7.61. The van der Waals surface area contributed by atoms with Crippen LogP contribution in [0, 0.1) is 5.82 Å². The maximum Gasteiger partial charge on any atom is 0.337 e. The smallest absolute Gasteiger partial charge is 0.337 e. The molecule has 1 amide bonds. The topological polar surface area (TPSA) is 64.6 Å². The van der Waals surface area contributed by atoms with Gasteiger partial charge >= 0.3 is 5.97 Å². The van der Waals surface area contributed by atoms with E-state index in [1.807, 2.05) is 0 Å². The largest absolute Gasteiger partial charge is 0.490 e. The number of carbonyl (C=O) groups excluding carboxylic acids is 2. The fourth-order valence-corrected chi connectivity index (χ4v) is 2.95. The molecule has 1 atom stereocenters. The quantitative estimate of drug-likeness (QED) is 0.847. The number of methoxy groups -OCH3 is 1. The Hall–Kier alpha value is -2.60. The van der Waals surface area contributed by atoms with Crippen molar-refractivity contribution in [1.29, 1.82) is 0 Å². The highest BCUT2D eigenvalue weighted by Gasteiger charge is 2.28. The van der Waals surface area contributed by atoms with Crippen molar-refractivity contribution >= 4 is 23.5 Å². The monoisotopic (exact) mass is 363 g/mol. The predicted octanol–water partition coefficient (Wildman–Crippen LogP) is 3.52. The molecule has 0 saturated heterocycles. The predicted molar refractivity (Wildman–Crippen MR) is 89.5 cm³/mol. The summed E-state index contributed by atoms with van der Waals surface area (Å²) in [7, 11) is 1.22. The van der Waals surface area contributed by atoms with Crippen molar-refractivity contribution in [3.8, 4) is 5.75 Å². The number of esters is 1. The minimum atomic E-state index is -0.672. The van der Waals surface area contributed by atoms with E-state index in [-0.39, 0.29) is 23.8 Å². The van der Waals surface area contributed by atoms with Gasteiger partial charge in [0.05, 0.1) is 35.9 Å². The van der Waals surface area contributed by atoms with Crippen molar-refractivity contribution in [3.05, 3.63) is 63.9 Å². The average molecular weight is 364 g/mol. The molecule has 0 saturated carbocycles. The van der Waals surface area contributed by atoms with Crippen LogP contribution in [-0.2, 0) is 4.74 Å². The number of ether oxygens (including phenoxy) is 2. The molecule has 0 unspecified atom stereocenters. The second-order valence-corrected chi connectivity index (χ2v) is 5.92. The number of fused-ring (bicyclic) bond motifs is 1. The summed E-state index contributed by atoms with van der Waals surface area (Å²) >= 11 is 6.04. The molecule has 3 rings (SSSR count). The van der Waals surface area contributed by atoms with Gasteiger partial charge < -0.3 is 14.8 Å². The molecule has 0 fully saturated rings. The van der Waals surface area contributed by atoms with Gasteiger partial charge in [-0.05, 0) is 24.3 Å². The molecular formula is C18H15ClFNO4. The van der Waals surface area contributed by atoms with Gasteiger partial charge in [0.1, 0.15) is 0 Å². The van der Waals surface area contributed by atoms with Crippen LogP contribution in [0.4, 0.5) is 4.39 Å². The van der Waals surface area contributed by atoms with Crippen LogP contribution in [0.15, 0.2) is 36.4 Å². The fourth-order valence-electron chi connectivity index (χ4n) is 2.73. The first-order chi connectivity index (χ1) is 12.0. The molecule has 1 heterocycles. The van der Waals surface area contributed by atoms with E-state index in [4.69, 9.17) is 16.3 Å². The number of nitrogens with one attached hydrogen (secondary N) is 1. The van der Waals surface area contributed by atoms with Crippen LogP contribution in [-0.4, -0.2) is 25.6 Å². The second-order valence-electron chi connectivity index (χ2n) is 5.51. The minimum absolute atomic E-state index is 0.0309. The lowest BCUT2D eigenvalue weighted by atomic mass is 9.97. The summed E-state index contributed by atoms with van der Waals surface area (Å²) in [4.78, 5) is 24.2. The normalized spacial score (nSPS) is 15.7. The summed E-state index contributed by atoms with van der Waals surface area (Å²) in [5.41, 5.74) is 0.773. The Morgan fingerprint density at radius 3 is 2.80 bits per heavy atom. The molecule has 5 nitrogen and oxygen atoms in total. The Balaban J connectivity index is 1.93. The Morgan fingerprint density at radius 1 is 1.32 bits per heavy atom. The van der Waals surface area contributed by atoms with Gasteiger partial charge in [0.15, 0.2) is 11.6 Å². The molecule has 0 aromatic heterocycles. The van der Waals surface area contributed by atoms with Crippen molar-refractivity contribution < 1.29 is 23.5 Å². The highest BCUT2D eigenvalue weighted by atomic mass is 35.5. The van der Waals surface area contributed by atoms with E-state index in [0.717, 1.165) is 6.07 Å². The third-order valence-electron chi connectivity index (χ3n) is 3.95. The Morgan fingerprint density at radius 2 is 2.08 bits per heavy atom. The molecule has 25 heavy (non-hydrogen) atoms. The van der Waals surface area contributed by atoms with Crippen molar-refractivity contribution in [2.24, 2.45) is 0 Å². The molecular weight excluding hydrogens is 349 g/mol. The van der Waals surface area contributed by atoms with Crippen LogP contribution in [0.1, 0.15) is 38.7 Å². The summed E-state index contributed by atoms with van der Waals surface area (Å²) in [6.45, 7) is 0.245. The summed E-state index contributed by atoms with van der Waals surface area (Å²) in [6.07, 6.45) is 0.438. The van der Waals surface area contributed by atoms with Gasteiger partial charge in [-0.1, -0.05) is 23.7 Å². The molecule has 0 bridgehead atoms. The number of rotatable bonds is 3. The van der Waals surface area contributed by atoms with Crippen LogP contribution in [0.5, 0.6) is 5.75 Å². The SMILES string of the molecule is COC(=O)c1cc(F)c2c(c1)[C@H](NC(=O)c1ccccc1Cl)CCO2. The first-order valence-corrected chi connectivity index (χ1v) is 7.99. The molecule has 2 aromatic carbocycles. The maximum absolute atomic E-state index is 14.3. The molecule has 7 heteroatoms.